The van der Waals surface area contributed by atoms with E-state index < -0.39 is 23.8 Å². The first-order chi connectivity index (χ1) is 12.8. The number of hydrogen-bond acceptors (Lipinski definition) is 6. The van der Waals surface area contributed by atoms with Crippen molar-refractivity contribution in [1.82, 2.24) is 0 Å². The van der Waals surface area contributed by atoms with Gasteiger partial charge in [0.15, 0.2) is 0 Å². The summed E-state index contributed by atoms with van der Waals surface area (Å²) in [5.41, 5.74) is 0. The third kappa shape index (κ3) is 7.28. The summed E-state index contributed by atoms with van der Waals surface area (Å²) in [6.07, 6.45) is 0.0808. The topological polar surface area (TPSA) is 78.9 Å². The molecule has 2 aromatic carbocycles. The summed E-state index contributed by atoms with van der Waals surface area (Å²) in [5.74, 6) is 0.713. The standard InChI is InChI=1S/C18H22ClO6PS/c1-2-24-26(20,14-6-13-23-17-7-4-3-5-8-17)15-25-27(21,22)18-11-9-16(19)10-12-18/h3-5,7-12H,2,6,13-15H2,1H3. The largest absolute Gasteiger partial charge is 0.494 e. The number of halogens is 1. The molecule has 0 radical (unpaired) electrons. The first-order valence-corrected chi connectivity index (χ1v) is 12.2. The van der Waals surface area contributed by atoms with Gasteiger partial charge in [0.25, 0.3) is 10.1 Å². The summed E-state index contributed by atoms with van der Waals surface area (Å²) in [7, 11) is -7.32. The van der Waals surface area contributed by atoms with Crippen molar-refractivity contribution in [3.05, 3.63) is 59.6 Å². The maximum Gasteiger partial charge on any atom is 0.297 e. The fraction of sp³-hybridized carbons (Fsp3) is 0.333. The smallest absolute Gasteiger partial charge is 0.297 e. The van der Waals surface area contributed by atoms with Crippen LogP contribution in [0.5, 0.6) is 5.75 Å². The van der Waals surface area contributed by atoms with E-state index in [-0.39, 0.29) is 17.7 Å². The molecule has 0 aliphatic rings. The summed E-state index contributed by atoms with van der Waals surface area (Å²) < 4.78 is 53.2. The Hall–Kier alpha value is -1.37. The molecule has 0 spiro atoms. The van der Waals surface area contributed by atoms with Crippen LogP contribution in [0.15, 0.2) is 59.5 Å². The molecule has 2 aromatic rings. The quantitative estimate of drug-likeness (QED) is 0.288. The molecule has 0 fully saturated rings. The average Bonchev–Trinajstić information content (AvgIpc) is 2.65. The highest BCUT2D eigenvalue weighted by molar-refractivity contribution is 7.87. The van der Waals surface area contributed by atoms with Crippen LogP contribution in [-0.4, -0.2) is 34.1 Å². The number of benzene rings is 2. The molecule has 27 heavy (non-hydrogen) atoms. The van der Waals surface area contributed by atoms with Crippen molar-refractivity contribution in [2.24, 2.45) is 0 Å². The first-order valence-electron chi connectivity index (χ1n) is 8.40. The fourth-order valence-corrected chi connectivity index (χ4v) is 5.58. The lowest BCUT2D eigenvalue weighted by Crippen LogP contribution is -2.12. The Morgan fingerprint density at radius 2 is 1.70 bits per heavy atom. The van der Waals surface area contributed by atoms with Gasteiger partial charge in [-0.25, -0.2) is 0 Å². The normalized spacial score (nSPS) is 13.9. The molecule has 9 heteroatoms. The summed E-state index contributed by atoms with van der Waals surface area (Å²) in [5, 5.41) is 0.410. The fourth-order valence-electron chi connectivity index (χ4n) is 2.23. The van der Waals surface area contributed by atoms with Crippen LogP contribution in [0.3, 0.4) is 0 Å². The van der Waals surface area contributed by atoms with Gasteiger partial charge in [-0.1, -0.05) is 29.8 Å². The molecule has 2 rings (SSSR count). The van der Waals surface area contributed by atoms with E-state index in [1.54, 1.807) is 6.92 Å². The van der Waals surface area contributed by atoms with Crippen LogP contribution in [0.4, 0.5) is 0 Å². The molecule has 0 N–H and O–H groups in total. The summed E-state index contributed by atoms with van der Waals surface area (Å²) in [4.78, 5) is -0.0534. The van der Waals surface area contributed by atoms with Gasteiger partial charge >= 0.3 is 0 Å². The van der Waals surface area contributed by atoms with Gasteiger partial charge in [-0.3, -0.25) is 8.75 Å². The molecule has 0 aliphatic carbocycles. The molecule has 0 aliphatic heterocycles. The summed E-state index contributed by atoms with van der Waals surface area (Å²) >= 11 is 5.76. The van der Waals surface area contributed by atoms with Gasteiger partial charge in [-0.05, 0) is 49.7 Å². The van der Waals surface area contributed by atoms with Gasteiger partial charge in [-0.2, -0.15) is 8.42 Å². The zero-order valence-electron chi connectivity index (χ0n) is 14.9. The Bertz CT molecular complexity index is 855. The van der Waals surface area contributed by atoms with Gasteiger partial charge < -0.3 is 9.26 Å². The van der Waals surface area contributed by atoms with E-state index >= 15 is 0 Å². The average molecular weight is 433 g/mol. The molecular formula is C18H22ClO6PS. The molecule has 0 aromatic heterocycles. The van der Waals surface area contributed by atoms with E-state index in [2.05, 4.69) is 0 Å². The number of ether oxygens (including phenoxy) is 1. The first kappa shape index (κ1) is 21.9. The Morgan fingerprint density at radius 1 is 1.04 bits per heavy atom. The molecule has 1 atom stereocenters. The molecule has 1 unspecified atom stereocenters. The minimum absolute atomic E-state index is 0.0534. The number of para-hydroxylation sites is 1. The van der Waals surface area contributed by atoms with Crippen LogP contribution in [0, 0.1) is 0 Å². The second-order valence-electron chi connectivity index (χ2n) is 5.63. The van der Waals surface area contributed by atoms with Gasteiger partial charge in [0, 0.05) is 11.2 Å². The number of rotatable bonds is 11. The summed E-state index contributed by atoms with van der Waals surface area (Å²) in [6.45, 7) is 2.23. The van der Waals surface area contributed by atoms with Crippen molar-refractivity contribution in [1.29, 1.82) is 0 Å². The van der Waals surface area contributed by atoms with Crippen molar-refractivity contribution in [2.75, 3.05) is 25.7 Å². The maximum atomic E-state index is 12.9. The maximum absolute atomic E-state index is 12.9. The van der Waals surface area contributed by atoms with Gasteiger partial charge in [0.2, 0.25) is 7.37 Å². The van der Waals surface area contributed by atoms with Crippen molar-refractivity contribution < 1.29 is 26.4 Å². The Kier molecular flexibility index (Phi) is 8.32. The van der Waals surface area contributed by atoms with E-state index in [1.165, 1.54) is 24.3 Å². The van der Waals surface area contributed by atoms with E-state index in [0.29, 0.717) is 23.8 Å². The van der Waals surface area contributed by atoms with Crippen LogP contribution in [0.2, 0.25) is 5.02 Å². The highest BCUT2D eigenvalue weighted by Crippen LogP contribution is 2.48. The van der Waals surface area contributed by atoms with Crippen LogP contribution >= 0.6 is 19.0 Å². The molecule has 0 bridgehead atoms. The van der Waals surface area contributed by atoms with Crippen LogP contribution in [0.1, 0.15) is 13.3 Å². The second kappa shape index (κ2) is 10.2. The third-order valence-electron chi connectivity index (χ3n) is 3.53. The zero-order chi connectivity index (χ0) is 19.8. The second-order valence-corrected chi connectivity index (χ2v) is 10.3. The Labute approximate surface area is 165 Å². The van der Waals surface area contributed by atoms with Gasteiger partial charge in [-0.15, -0.1) is 0 Å². The minimum Gasteiger partial charge on any atom is -0.494 e. The van der Waals surface area contributed by atoms with Crippen LogP contribution in [-0.2, 0) is 23.4 Å². The van der Waals surface area contributed by atoms with Crippen molar-refractivity contribution >= 4 is 29.1 Å². The lowest BCUT2D eigenvalue weighted by molar-refractivity contribution is 0.285. The van der Waals surface area contributed by atoms with E-state index in [1.807, 2.05) is 30.3 Å². The van der Waals surface area contributed by atoms with E-state index in [4.69, 9.17) is 25.0 Å². The predicted octanol–water partition coefficient (Wildman–Crippen LogP) is 4.79. The van der Waals surface area contributed by atoms with E-state index in [0.717, 1.165) is 0 Å². The highest BCUT2D eigenvalue weighted by atomic mass is 35.5. The SMILES string of the molecule is CCOP(=O)(CCCOc1ccccc1)COS(=O)(=O)c1ccc(Cl)cc1. The molecule has 0 saturated carbocycles. The molecule has 0 saturated heterocycles. The van der Waals surface area contributed by atoms with Crippen molar-refractivity contribution in [3.8, 4) is 5.75 Å². The monoisotopic (exact) mass is 432 g/mol. The van der Waals surface area contributed by atoms with Crippen molar-refractivity contribution in [3.63, 3.8) is 0 Å². The van der Waals surface area contributed by atoms with Crippen LogP contribution in [0.25, 0.3) is 0 Å². The van der Waals surface area contributed by atoms with Gasteiger partial charge in [0.1, 0.15) is 12.1 Å². The predicted molar refractivity (Wildman–Crippen MR) is 105 cm³/mol. The lowest BCUT2D eigenvalue weighted by Gasteiger charge is -2.18. The minimum atomic E-state index is -4.04. The highest BCUT2D eigenvalue weighted by Gasteiger charge is 2.27. The summed E-state index contributed by atoms with van der Waals surface area (Å²) in [6, 6.07) is 14.8. The Balaban J connectivity index is 1.90. The van der Waals surface area contributed by atoms with Gasteiger partial charge in [0.05, 0.1) is 18.1 Å². The third-order valence-corrected chi connectivity index (χ3v) is 7.48. The molecule has 148 valence electrons. The van der Waals surface area contributed by atoms with Crippen molar-refractivity contribution in [2.45, 2.75) is 18.2 Å². The molecular weight excluding hydrogens is 411 g/mol. The molecule has 0 amide bonds. The molecule has 6 nitrogen and oxygen atoms in total. The number of hydrogen-bond donors (Lipinski definition) is 0. The zero-order valence-corrected chi connectivity index (χ0v) is 17.4. The Morgan fingerprint density at radius 3 is 2.33 bits per heavy atom. The molecule has 0 heterocycles. The lowest BCUT2D eigenvalue weighted by atomic mass is 10.3. The van der Waals surface area contributed by atoms with Crippen LogP contribution < -0.4 is 4.74 Å². The van der Waals surface area contributed by atoms with E-state index in [9.17, 15) is 13.0 Å².